The van der Waals surface area contributed by atoms with Gasteiger partial charge in [-0.05, 0) is 11.1 Å². The quantitative estimate of drug-likeness (QED) is 0.716. The molecule has 26 heavy (non-hydrogen) atoms. The molecule has 0 N–H and O–H groups in total. The molecular weight excluding hydrogens is 324 g/mol. The number of ketones is 1. The molecule has 3 heteroatoms. The van der Waals surface area contributed by atoms with Crippen LogP contribution < -0.4 is 0 Å². The fourth-order valence-corrected chi connectivity index (χ4v) is 4.15. The zero-order chi connectivity index (χ0) is 18.2. The van der Waals surface area contributed by atoms with Crippen molar-refractivity contribution in [2.24, 2.45) is 0 Å². The summed E-state index contributed by atoms with van der Waals surface area (Å²) in [4.78, 5) is 14.0. The molecule has 3 nitrogen and oxygen atoms in total. The van der Waals surface area contributed by atoms with Crippen LogP contribution in [0.25, 0.3) is 0 Å². The smallest absolute Gasteiger partial charge is 0.214 e. The largest absolute Gasteiger partial charge is 0.361 e. The predicted molar refractivity (Wildman–Crippen MR) is 99.9 cm³/mol. The molecule has 3 aromatic carbocycles. The van der Waals surface area contributed by atoms with E-state index in [0.29, 0.717) is 0 Å². The lowest BCUT2D eigenvalue weighted by molar-refractivity contribution is -0.152. The Morgan fingerprint density at radius 2 is 0.923 bits per heavy atom. The summed E-state index contributed by atoms with van der Waals surface area (Å²) in [6.45, 7) is 0. The summed E-state index contributed by atoms with van der Waals surface area (Å²) in [7, 11) is 3.16. The summed E-state index contributed by atoms with van der Waals surface area (Å²) in [6, 6.07) is 27.0. The van der Waals surface area contributed by atoms with Crippen LogP contribution in [0.4, 0.5) is 0 Å². The molecule has 0 saturated heterocycles. The third-order valence-electron chi connectivity index (χ3n) is 5.30. The van der Waals surface area contributed by atoms with Gasteiger partial charge in [0.25, 0.3) is 0 Å². The Morgan fingerprint density at radius 1 is 0.577 bits per heavy atom. The van der Waals surface area contributed by atoms with Gasteiger partial charge in [-0.3, -0.25) is 4.79 Å². The number of methoxy groups -OCH3 is 2. The van der Waals surface area contributed by atoms with Crippen LogP contribution in [-0.4, -0.2) is 20.0 Å². The Morgan fingerprint density at radius 3 is 1.27 bits per heavy atom. The van der Waals surface area contributed by atoms with Crippen molar-refractivity contribution in [1.82, 2.24) is 0 Å². The molecule has 0 bridgehead atoms. The van der Waals surface area contributed by atoms with Crippen LogP contribution in [0.5, 0.6) is 0 Å². The van der Waals surface area contributed by atoms with Gasteiger partial charge >= 0.3 is 0 Å². The number of ether oxygens (including phenoxy) is 2. The highest BCUT2D eigenvalue weighted by molar-refractivity contribution is 6.06. The Bertz CT molecular complexity index is 859. The van der Waals surface area contributed by atoms with E-state index in [1.54, 1.807) is 14.2 Å². The van der Waals surface area contributed by atoms with Crippen molar-refractivity contribution in [2.45, 2.75) is 11.2 Å². The highest BCUT2D eigenvalue weighted by Crippen LogP contribution is 2.53. The maximum absolute atomic E-state index is 14.0. The normalized spacial score (nSPS) is 24.5. The third kappa shape index (κ3) is 1.99. The van der Waals surface area contributed by atoms with Gasteiger partial charge in [0, 0.05) is 25.3 Å². The van der Waals surface area contributed by atoms with Crippen molar-refractivity contribution in [2.75, 3.05) is 14.2 Å². The molecule has 0 saturated carbocycles. The first-order valence-corrected chi connectivity index (χ1v) is 8.58. The van der Waals surface area contributed by atoms with Crippen LogP contribution in [0.2, 0.25) is 0 Å². The van der Waals surface area contributed by atoms with Crippen LogP contribution in [0.15, 0.2) is 84.9 Å². The Balaban J connectivity index is 2.08. The average Bonchev–Trinajstić information content (AvgIpc) is 2.95. The van der Waals surface area contributed by atoms with Crippen LogP contribution in [0.1, 0.15) is 22.3 Å². The van der Waals surface area contributed by atoms with Gasteiger partial charge in [-0.25, -0.2) is 0 Å². The van der Waals surface area contributed by atoms with Gasteiger partial charge in [-0.1, -0.05) is 84.9 Å². The molecule has 2 atom stereocenters. The van der Waals surface area contributed by atoms with Crippen LogP contribution in [0, 0.1) is 0 Å². The van der Waals surface area contributed by atoms with Gasteiger partial charge in [0.15, 0.2) is 11.2 Å². The molecule has 0 aromatic heterocycles. The minimum absolute atomic E-state index is 0.131. The van der Waals surface area contributed by atoms with E-state index in [0.717, 1.165) is 22.3 Å². The molecular formula is C23H20O3. The van der Waals surface area contributed by atoms with Gasteiger partial charge in [0.1, 0.15) is 0 Å². The lowest BCUT2D eigenvalue weighted by atomic mass is 9.82. The number of hydrogen-bond donors (Lipinski definition) is 0. The second-order valence-corrected chi connectivity index (χ2v) is 6.38. The van der Waals surface area contributed by atoms with Crippen molar-refractivity contribution >= 4 is 5.78 Å². The number of fused-ring (bicyclic) bond motifs is 1. The third-order valence-corrected chi connectivity index (χ3v) is 5.30. The second-order valence-electron chi connectivity index (χ2n) is 6.38. The van der Waals surface area contributed by atoms with Gasteiger partial charge in [-0.15, -0.1) is 0 Å². The standard InChI is InChI=1S/C23H20O3/c1-25-22(17-11-5-3-6-12-17)19-15-9-10-16-20(19)23(26-2,21(22)24)18-13-7-4-8-14-18/h3-16H,1-2H3/t22-,23+. The minimum Gasteiger partial charge on any atom is -0.361 e. The van der Waals surface area contributed by atoms with Gasteiger partial charge in [0.2, 0.25) is 5.78 Å². The molecule has 0 amide bonds. The summed E-state index contributed by atoms with van der Waals surface area (Å²) in [5, 5.41) is 0. The first kappa shape index (κ1) is 16.7. The Labute approximate surface area is 153 Å². The Kier molecular flexibility index (Phi) is 3.98. The number of hydrogen-bond acceptors (Lipinski definition) is 3. The Hall–Kier alpha value is -2.75. The van der Waals surface area contributed by atoms with E-state index in [4.69, 9.17) is 9.47 Å². The lowest BCUT2D eigenvalue weighted by Gasteiger charge is -2.32. The van der Waals surface area contributed by atoms with Crippen LogP contribution in [0.3, 0.4) is 0 Å². The SMILES string of the molecule is CO[C@@]1(c2ccccc2)C(=O)[C@](OC)(c2ccccc2)c2ccccc21. The average molecular weight is 344 g/mol. The van der Waals surface area contributed by atoms with E-state index in [1.165, 1.54) is 0 Å². The summed E-state index contributed by atoms with van der Waals surface area (Å²) in [5.74, 6) is -0.131. The molecule has 4 rings (SSSR count). The number of Topliss-reactive ketones (excluding diaryl/α,β-unsaturated/α-hetero) is 1. The van der Waals surface area contributed by atoms with Crippen LogP contribution >= 0.6 is 0 Å². The van der Waals surface area contributed by atoms with E-state index in [-0.39, 0.29) is 5.78 Å². The number of benzene rings is 3. The van der Waals surface area contributed by atoms with Gasteiger partial charge < -0.3 is 9.47 Å². The van der Waals surface area contributed by atoms with Gasteiger partial charge in [-0.2, -0.15) is 0 Å². The molecule has 0 heterocycles. The molecule has 0 fully saturated rings. The summed E-state index contributed by atoms with van der Waals surface area (Å²) >= 11 is 0. The van der Waals surface area contributed by atoms with E-state index >= 15 is 0 Å². The first-order valence-electron chi connectivity index (χ1n) is 8.58. The fraction of sp³-hybridized carbons (Fsp3) is 0.174. The van der Waals surface area contributed by atoms with E-state index in [2.05, 4.69) is 0 Å². The molecule has 0 unspecified atom stereocenters. The van der Waals surface area contributed by atoms with Crippen LogP contribution in [-0.2, 0) is 25.5 Å². The van der Waals surface area contributed by atoms with Crippen molar-refractivity contribution in [1.29, 1.82) is 0 Å². The predicted octanol–water partition coefficient (Wildman–Crippen LogP) is 4.05. The maximum atomic E-state index is 14.0. The van der Waals surface area contributed by atoms with E-state index < -0.39 is 11.2 Å². The van der Waals surface area contributed by atoms with E-state index in [1.807, 2.05) is 84.9 Å². The number of carbonyl (C=O) groups excluding carboxylic acids is 1. The summed E-state index contributed by atoms with van der Waals surface area (Å²) in [6.07, 6.45) is 0. The summed E-state index contributed by atoms with van der Waals surface area (Å²) < 4.78 is 11.9. The zero-order valence-corrected chi connectivity index (χ0v) is 14.8. The highest BCUT2D eigenvalue weighted by atomic mass is 16.5. The van der Waals surface area contributed by atoms with Crippen molar-refractivity contribution < 1.29 is 14.3 Å². The molecule has 0 radical (unpaired) electrons. The fourth-order valence-electron chi connectivity index (χ4n) is 4.15. The number of carbonyl (C=O) groups is 1. The van der Waals surface area contributed by atoms with E-state index in [9.17, 15) is 4.79 Å². The molecule has 130 valence electrons. The first-order chi connectivity index (χ1) is 12.7. The zero-order valence-electron chi connectivity index (χ0n) is 14.8. The summed E-state index contributed by atoms with van der Waals surface area (Å²) in [5.41, 5.74) is 0.839. The highest BCUT2D eigenvalue weighted by Gasteiger charge is 2.62. The molecule has 0 aliphatic heterocycles. The molecule has 1 aliphatic rings. The second kappa shape index (κ2) is 6.20. The number of rotatable bonds is 4. The van der Waals surface area contributed by atoms with Crippen molar-refractivity contribution in [3.8, 4) is 0 Å². The molecule has 0 spiro atoms. The molecule has 1 aliphatic carbocycles. The lowest BCUT2D eigenvalue weighted by Crippen LogP contribution is -2.45. The topological polar surface area (TPSA) is 35.5 Å². The van der Waals surface area contributed by atoms with Gasteiger partial charge in [0.05, 0.1) is 0 Å². The van der Waals surface area contributed by atoms with Crippen molar-refractivity contribution in [3.05, 3.63) is 107 Å². The molecule has 3 aromatic rings. The van der Waals surface area contributed by atoms with Crippen molar-refractivity contribution in [3.63, 3.8) is 0 Å². The minimum atomic E-state index is -1.20. The maximum Gasteiger partial charge on any atom is 0.214 e. The monoisotopic (exact) mass is 344 g/mol.